The summed E-state index contributed by atoms with van der Waals surface area (Å²) in [5.41, 5.74) is 10.2. The monoisotopic (exact) mass is 354 g/mol. The topological polar surface area (TPSA) is 91.0 Å². The Morgan fingerprint density at radius 1 is 1.35 bits per heavy atom. The lowest BCUT2D eigenvalue weighted by molar-refractivity contribution is 0.252. The van der Waals surface area contributed by atoms with Crippen LogP contribution in [0.1, 0.15) is 57.9 Å². The molecule has 0 spiro atoms. The summed E-state index contributed by atoms with van der Waals surface area (Å²) in [4.78, 5) is 12.0. The van der Waals surface area contributed by atoms with E-state index in [2.05, 4.69) is 24.5 Å². The minimum atomic E-state index is -0.188. The van der Waals surface area contributed by atoms with Crippen molar-refractivity contribution in [3.63, 3.8) is 0 Å². The summed E-state index contributed by atoms with van der Waals surface area (Å²) in [6, 6.07) is 7.28. The molecule has 1 saturated carbocycles. The molecule has 140 valence electrons. The van der Waals surface area contributed by atoms with Gasteiger partial charge in [-0.2, -0.15) is 0 Å². The molecule has 0 unspecified atom stereocenters. The Balaban J connectivity index is 1.62. The molecule has 0 heterocycles. The minimum absolute atomic E-state index is 0.188. The largest absolute Gasteiger partial charge is 0.402 e. The zero-order valence-electron chi connectivity index (χ0n) is 15.8. The van der Waals surface area contributed by atoms with Crippen LogP contribution in [0.15, 0.2) is 35.5 Å². The maximum absolute atomic E-state index is 12.0. The van der Waals surface area contributed by atoms with Crippen molar-refractivity contribution in [2.24, 2.45) is 17.1 Å². The summed E-state index contributed by atoms with van der Waals surface area (Å²) in [5.74, 6) is 0.804. The molecule has 5 heteroatoms. The van der Waals surface area contributed by atoms with Gasteiger partial charge in [0.25, 0.3) is 0 Å². The molecule has 26 heavy (non-hydrogen) atoms. The highest BCUT2D eigenvalue weighted by Gasteiger charge is 2.27. The number of urea groups is 1. The summed E-state index contributed by atoms with van der Waals surface area (Å²) in [6.45, 7) is 5.14. The predicted molar refractivity (Wildman–Crippen MR) is 106 cm³/mol. The Kier molecular flexibility index (Phi) is 5.35. The van der Waals surface area contributed by atoms with Crippen LogP contribution in [0.4, 0.5) is 10.5 Å². The van der Waals surface area contributed by atoms with Crippen molar-refractivity contribution in [1.82, 2.24) is 5.32 Å². The lowest BCUT2D eigenvalue weighted by Crippen LogP contribution is -2.29. The molecule has 0 radical (unpaired) electrons. The molecule has 0 atom stereocenters. The van der Waals surface area contributed by atoms with Gasteiger partial charge in [0.2, 0.25) is 0 Å². The lowest BCUT2D eigenvalue weighted by Gasteiger charge is -2.31. The van der Waals surface area contributed by atoms with E-state index >= 15 is 0 Å². The molecule has 3 rings (SSSR count). The second-order valence-electron chi connectivity index (χ2n) is 8.41. The van der Waals surface area contributed by atoms with E-state index in [1.54, 1.807) is 0 Å². The first-order valence-electron chi connectivity index (χ1n) is 9.56. The number of nitrogens with one attached hydrogen (secondary N) is 3. The van der Waals surface area contributed by atoms with E-state index in [1.807, 2.05) is 24.3 Å². The Hall–Kier alpha value is -2.30. The Morgan fingerprint density at radius 3 is 2.81 bits per heavy atom. The smallest absolute Gasteiger partial charge is 0.319 e. The first-order chi connectivity index (χ1) is 12.3. The van der Waals surface area contributed by atoms with Crippen LogP contribution < -0.4 is 16.4 Å². The SMILES string of the molecule is CC1(C)CCC(C(=N)c2cccc(NC(=O)NCCC3CC3)c2)=C(N)C1. The molecular formula is C21H30N4O. The van der Waals surface area contributed by atoms with Crippen LogP contribution in [-0.4, -0.2) is 18.3 Å². The first kappa shape index (κ1) is 18.5. The number of amides is 2. The third-order valence-corrected chi connectivity index (χ3v) is 5.35. The lowest BCUT2D eigenvalue weighted by atomic mass is 9.75. The maximum Gasteiger partial charge on any atom is 0.319 e. The van der Waals surface area contributed by atoms with Crippen LogP contribution in [-0.2, 0) is 0 Å². The number of rotatable bonds is 6. The average Bonchev–Trinajstić information content (AvgIpc) is 3.38. The van der Waals surface area contributed by atoms with E-state index < -0.39 is 0 Å². The standard InChI is InChI=1S/C21H30N4O/c1-21(2)10-8-17(18(22)13-21)19(23)15-4-3-5-16(12-15)25-20(26)24-11-9-14-6-7-14/h3-5,12,14,23H,6-11,13,22H2,1-2H3,(H2,24,25,26). The average molecular weight is 354 g/mol. The predicted octanol–water partition coefficient (Wildman–Crippen LogP) is 4.40. The van der Waals surface area contributed by atoms with E-state index in [0.717, 1.165) is 48.4 Å². The number of hydrogen-bond donors (Lipinski definition) is 4. The normalized spacial score (nSPS) is 19.2. The minimum Gasteiger partial charge on any atom is -0.402 e. The Bertz CT molecular complexity index is 731. The number of nitrogens with two attached hydrogens (primary N) is 1. The highest BCUT2D eigenvalue weighted by Crippen LogP contribution is 2.37. The Morgan fingerprint density at radius 2 is 2.12 bits per heavy atom. The van der Waals surface area contributed by atoms with Gasteiger partial charge in [0.05, 0.1) is 5.71 Å². The van der Waals surface area contributed by atoms with Gasteiger partial charge in [0.15, 0.2) is 0 Å². The van der Waals surface area contributed by atoms with Gasteiger partial charge < -0.3 is 16.4 Å². The summed E-state index contributed by atoms with van der Waals surface area (Å²) in [6.07, 6.45) is 6.34. The molecule has 0 aromatic heterocycles. The van der Waals surface area contributed by atoms with Crippen LogP contribution in [0.3, 0.4) is 0 Å². The molecule has 0 bridgehead atoms. The van der Waals surface area contributed by atoms with Crippen molar-refractivity contribution in [3.8, 4) is 0 Å². The number of allylic oxidation sites excluding steroid dienone is 2. The molecule has 2 aliphatic carbocycles. The van der Waals surface area contributed by atoms with E-state index in [-0.39, 0.29) is 11.4 Å². The van der Waals surface area contributed by atoms with Gasteiger partial charge in [-0.05, 0) is 54.7 Å². The Labute approximate surface area is 155 Å². The third kappa shape index (κ3) is 4.87. The van der Waals surface area contributed by atoms with Crippen LogP contribution >= 0.6 is 0 Å². The maximum atomic E-state index is 12.0. The summed E-state index contributed by atoms with van der Waals surface area (Å²) < 4.78 is 0. The van der Waals surface area contributed by atoms with Crippen LogP contribution in [0.25, 0.3) is 0 Å². The quantitative estimate of drug-likeness (QED) is 0.570. The summed E-state index contributed by atoms with van der Waals surface area (Å²) in [7, 11) is 0. The van der Waals surface area contributed by atoms with Crippen LogP contribution in [0, 0.1) is 16.7 Å². The second-order valence-corrected chi connectivity index (χ2v) is 8.41. The molecule has 0 aliphatic heterocycles. The third-order valence-electron chi connectivity index (χ3n) is 5.35. The second kappa shape index (κ2) is 7.52. The molecular weight excluding hydrogens is 324 g/mol. The fraction of sp³-hybridized carbons (Fsp3) is 0.524. The summed E-state index contributed by atoms with van der Waals surface area (Å²) >= 11 is 0. The van der Waals surface area contributed by atoms with Gasteiger partial charge in [-0.15, -0.1) is 0 Å². The van der Waals surface area contributed by atoms with Gasteiger partial charge in [-0.1, -0.05) is 38.8 Å². The van der Waals surface area contributed by atoms with Crippen molar-refractivity contribution < 1.29 is 4.79 Å². The van der Waals surface area contributed by atoms with Crippen LogP contribution in [0.2, 0.25) is 0 Å². The zero-order chi connectivity index (χ0) is 18.7. The fourth-order valence-corrected chi connectivity index (χ4v) is 3.52. The number of carbonyl (C=O) groups excluding carboxylic acids is 1. The van der Waals surface area contributed by atoms with Gasteiger partial charge in [-0.3, -0.25) is 5.41 Å². The molecule has 5 nitrogen and oxygen atoms in total. The van der Waals surface area contributed by atoms with Gasteiger partial charge in [-0.25, -0.2) is 4.79 Å². The molecule has 1 aromatic carbocycles. The number of benzene rings is 1. The van der Waals surface area contributed by atoms with Gasteiger partial charge in [0, 0.05) is 23.5 Å². The van der Waals surface area contributed by atoms with E-state index in [0.29, 0.717) is 17.9 Å². The number of hydrogen-bond acceptors (Lipinski definition) is 3. The summed E-state index contributed by atoms with van der Waals surface area (Å²) in [5, 5.41) is 14.3. The molecule has 1 fully saturated rings. The highest BCUT2D eigenvalue weighted by atomic mass is 16.2. The molecule has 1 aromatic rings. The van der Waals surface area contributed by atoms with E-state index in [1.165, 1.54) is 12.8 Å². The van der Waals surface area contributed by atoms with Gasteiger partial charge >= 0.3 is 6.03 Å². The van der Waals surface area contributed by atoms with Crippen molar-refractivity contribution in [1.29, 1.82) is 5.41 Å². The molecule has 5 N–H and O–H groups in total. The van der Waals surface area contributed by atoms with Gasteiger partial charge in [0.1, 0.15) is 0 Å². The van der Waals surface area contributed by atoms with Crippen molar-refractivity contribution in [2.45, 2.75) is 52.4 Å². The van der Waals surface area contributed by atoms with Crippen molar-refractivity contribution in [2.75, 3.05) is 11.9 Å². The van der Waals surface area contributed by atoms with E-state index in [9.17, 15) is 4.79 Å². The van der Waals surface area contributed by atoms with Crippen molar-refractivity contribution >= 4 is 17.4 Å². The van der Waals surface area contributed by atoms with E-state index in [4.69, 9.17) is 11.1 Å². The number of carbonyl (C=O) groups is 1. The van der Waals surface area contributed by atoms with Crippen molar-refractivity contribution in [3.05, 3.63) is 41.1 Å². The highest BCUT2D eigenvalue weighted by molar-refractivity contribution is 6.11. The molecule has 2 aliphatic rings. The number of anilines is 1. The zero-order valence-corrected chi connectivity index (χ0v) is 15.8. The fourth-order valence-electron chi connectivity index (χ4n) is 3.52. The molecule has 2 amide bonds. The molecule has 0 saturated heterocycles. The van der Waals surface area contributed by atoms with Crippen LogP contribution in [0.5, 0.6) is 0 Å². The first-order valence-corrected chi connectivity index (χ1v) is 9.56.